The molecule has 0 aliphatic rings. The summed E-state index contributed by atoms with van der Waals surface area (Å²) >= 11 is 0. The number of methoxy groups -OCH3 is 1. The van der Waals surface area contributed by atoms with Crippen LogP contribution in [0.3, 0.4) is 0 Å². The van der Waals surface area contributed by atoms with Crippen molar-refractivity contribution < 1.29 is 14.6 Å². The molecule has 1 atom stereocenters. The first kappa shape index (κ1) is 14.1. The van der Waals surface area contributed by atoms with Crippen LogP contribution in [0, 0.1) is 0 Å². The van der Waals surface area contributed by atoms with E-state index in [2.05, 4.69) is 4.98 Å². The van der Waals surface area contributed by atoms with E-state index in [4.69, 9.17) is 4.74 Å². The van der Waals surface area contributed by atoms with Crippen LogP contribution in [-0.2, 0) is 4.79 Å². The Morgan fingerprint density at radius 2 is 2.05 bits per heavy atom. The van der Waals surface area contributed by atoms with Crippen molar-refractivity contribution in [2.45, 2.75) is 12.3 Å². The molecule has 0 amide bonds. The number of hydrogen-bond acceptors (Lipinski definition) is 3. The van der Waals surface area contributed by atoms with Crippen LogP contribution in [0.1, 0.15) is 23.6 Å². The van der Waals surface area contributed by atoms with Crippen LogP contribution in [0.15, 0.2) is 54.9 Å². The minimum absolute atomic E-state index is 0.00894. The summed E-state index contributed by atoms with van der Waals surface area (Å²) in [6.45, 7) is 0. The van der Waals surface area contributed by atoms with E-state index >= 15 is 0 Å². The van der Waals surface area contributed by atoms with E-state index in [9.17, 15) is 9.90 Å². The van der Waals surface area contributed by atoms with Gasteiger partial charge in [-0.3, -0.25) is 4.79 Å². The summed E-state index contributed by atoms with van der Waals surface area (Å²) in [6.07, 6.45) is 3.65. The van der Waals surface area contributed by atoms with Gasteiger partial charge in [0.2, 0.25) is 0 Å². The van der Waals surface area contributed by atoms with Crippen molar-refractivity contribution in [1.29, 1.82) is 0 Å². The van der Waals surface area contributed by atoms with E-state index in [0.717, 1.165) is 22.7 Å². The zero-order valence-corrected chi connectivity index (χ0v) is 12.1. The molecule has 0 saturated carbocycles. The summed E-state index contributed by atoms with van der Waals surface area (Å²) in [6, 6.07) is 13.2. The molecule has 2 aromatic heterocycles. The van der Waals surface area contributed by atoms with Crippen molar-refractivity contribution in [3.05, 3.63) is 66.1 Å². The Morgan fingerprint density at radius 1 is 1.27 bits per heavy atom. The molecule has 0 aliphatic heterocycles. The third-order valence-corrected chi connectivity index (χ3v) is 3.70. The lowest BCUT2D eigenvalue weighted by molar-refractivity contribution is -0.137. The summed E-state index contributed by atoms with van der Waals surface area (Å²) in [5.74, 6) is -0.358. The largest absolute Gasteiger partial charge is 0.497 e. The highest BCUT2D eigenvalue weighted by atomic mass is 16.5. The normalized spacial score (nSPS) is 12.2. The first-order valence-electron chi connectivity index (χ1n) is 6.97. The second-order valence-corrected chi connectivity index (χ2v) is 5.04. The fraction of sp³-hybridized carbons (Fsp3) is 0.176. The maximum atomic E-state index is 11.3. The highest BCUT2D eigenvalue weighted by Crippen LogP contribution is 2.29. The number of hydrogen-bond donors (Lipinski definition) is 1. The lowest BCUT2D eigenvalue weighted by Gasteiger charge is -2.15. The molecule has 5 heteroatoms. The topological polar surface area (TPSA) is 63.8 Å². The molecule has 0 radical (unpaired) electrons. The second-order valence-electron chi connectivity index (χ2n) is 5.04. The smallest absolute Gasteiger partial charge is 0.304 e. The number of aromatic nitrogens is 2. The van der Waals surface area contributed by atoms with Crippen molar-refractivity contribution in [2.24, 2.45) is 0 Å². The van der Waals surface area contributed by atoms with Gasteiger partial charge in [0.25, 0.3) is 0 Å². The van der Waals surface area contributed by atoms with Crippen LogP contribution >= 0.6 is 0 Å². The minimum atomic E-state index is -0.841. The summed E-state index contributed by atoms with van der Waals surface area (Å²) in [7, 11) is 1.61. The fourth-order valence-electron chi connectivity index (χ4n) is 2.61. The zero-order chi connectivity index (χ0) is 15.5. The Morgan fingerprint density at radius 3 is 2.73 bits per heavy atom. The van der Waals surface area contributed by atoms with Crippen molar-refractivity contribution >= 4 is 11.6 Å². The van der Waals surface area contributed by atoms with Crippen molar-refractivity contribution in [1.82, 2.24) is 9.38 Å². The molecule has 0 fully saturated rings. The van der Waals surface area contributed by atoms with Crippen LogP contribution in [0.5, 0.6) is 5.75 Å². The average molecular weight is 296 g/mol. The number of fused-ring (bicyclic) bond motifs is 1. The van der Waals surface area contributed by atoms with Gasteiger partial charge in [-0.2, -0.15) is 0 Å². The number of benzene rings is 1. The third-order valence-electron chi connectivity index (χ3n) is 3.70. The maximum absolute atomic E-state index is 11.3. The number of rotatable bonds is 5. The van der Waals surface area contributed by atoms with Crippen LogP contribution in [0.2, 0.25) is 0 Å². The van der Waals surface area contributed by atoms with Crippen molar-refractivity contribution in [3.8, 4) is 5.75 Å². The molecule has 5 nitrogen and oxygen atoms in total. The number of pyridine rings is 1. The van der Waals surface area contributed by atoms with E-state index in [0.29, 0.717) is 0 Å². The highest BCUT2D eigenvalue weighted by Gasteiger charge is 2.21. The Balaban J connectivity index is 2.07. The van der Waals surface area contributed by atoms with E-state index < -0.39 is 5.97 Å². The molecule has 3 aromatic rings. The van der Waals surface area contributed by atoms with Gasteiger partial charge in [-0.1, -0.05) is 18.2 Å². The quantitative estimate of drug-likeness (QED) is 0.786. The van der Waals surface area contributed by atoms with Gasteiger partial charge in [0, 0.05) is 18.3 Å². The third kappa shape index (κ3) is 2.65. The summed E-state index contributed by atoms with van der Waals surface area (Å²) in [5, 5.41) is 9.26. The molecule has 22 heavy (non-hydrogen) atoms. The van der Waals surface area contributed by atoms with Gasteiger partial charge in [0.1, 0.15) is 11.4 Å². The Kier molecular flexibility index (Phi) is 3.78. The van der Waals surface area contributed by atoms with Gasteiger partial charge >= 0.3 is 5.97 Å². The van der Waals surface area contributed by atoms with Crippen LogP contribution < -0.4 is 4.74 Å². The Bertz CT molecular complexity index is 793. The summed E-state index contributed by atoms with van der Waals surface area (Å²) < 4.78 is 7.09. The number of nitrogens with zero attached hydrogens (tertiary/aromatic N) is 2. The molecular formula is C17H16N2O3. The lowest BCUT2D eigenvalue weighted by atomic mass is 9.92. The van der Waals surface area contributed by atoms with Crippen LogP contribution in [0.4, 0.5) is 0 Å². The number of carboxylic acids is 1. The van der Waals surface area contributed by atoms with Gasteiger partial charge in [-0.05, 0) is 29.8 Å². The fourth-order valence-corrected chi connectivity index (χ4v) is 2.61. The number of carbonyl (C=O) groups is 1. The first-order valence-corrected chi connectivity index (χ1v) is 6.97. The molecule has 112 valence electrons. The van der Waals surface area contributed by atoms with E-state index in [-0.39, 0.29) is 12.3 Å². The van der Waals surface area contributed by atoms with Gasteiger partial charge in [0.15, 0.2) is 0 Å². The monoisotopic (exact) mass is 296 g/mol. The van der Waals surface area contributed by atoms with E-state index in [1.165, 1.54) is 0 Å². The zero-order valence-electron chi connectivity index (χ0n) is 12.1. The molecule has 0 spiro atoms. The van der Waals surface area contributed by atoms with Crippen molar-refractivity contribution in [2.75, 3.05) is 7.11 Å². The number of imidazole rings is 1. The molecule has 1 aromatic carbocycles. The van der Waals surface area contributed by atoms with Crippen LogP contribution in [0.25, 0.3) is 5.65 Å². The lowest BCUT2D eigenvalue weighted by Crippen LogP contribution is -2.10. The minimum Gasteiger partial charge on any atom is -0.497 e. The van der Waals surface area contributed by atoms with Gasteiger partial charge < -0.3 is 14.2 Å². The number of ether oxygens (including phenoxy) is 1. The molecule has 0 unspecified atom stereocenters. The molecule has 1 N–H and O–H groups in total. The molecular weight excluding hydrogens is 280 g/mol. The van der Waals surface area contributed by atoms with Gasteiger partial charge in [-0.15, -0.1) is 0 Å². The molecule has 0 aliphatic carbocycles. The summed E-state index contributed by atoms with van der Waals surface area (Å²) in [4.78, 5) is 15.6. The number of carboxylic acid groups (broad SMARTS) is 1. The van der Waals surface area contributed by atoms with E-state index in [1.54, 1.807) is 13.3 Å². The number of aliphatic carboxylic acids is 1. The van der Waals surface area contributed by atoms with Gasteiger partial charge in [0.05, 0.1) is 19.2 Å². The standard InChI is InChI=1S/C17H16N2O3/c1-22-13-7-5-12(6-8-13)14(10-17(20)21)15-11-18-16-4-2-3-9-19(15)16/h2-9,11,14H,10H2,1H3,(H,20,21)/t14-/m1/s1. The molecule has 2 heterocycles. The average Bonchev–Trinajstić information content (AvgIpc) is 2.96. The summed E-state index contributed by atoms with van der Waals surface area (Å²) in [5.41, 5.74) is 2.60. The predicted octanol–water partition coefficient (Wildman–Crippen LogP) is 2.95. The highest BCUT2D eigenvalue weighted by molar-refractivity contribution is 5.69. The SMILES string of the molecule is COc1ccc([C@@H](CC(=O)O)c2cnc3ccccn23)cc1. The van der Waals surface area contributed by atoms with Gasteiger partial charge in [-0.25, -0.2) is 4.98 Å². The molecule has 0 saturated heterocycles. The van der Waals surface area contributed by atoms with Crippen LogP contribution in [-0.4, -0.2) is 27.6 Å². The molecule has 3 rings (SSSR count). The predicted molar refractivity (Wildman–Crippen MR) is 82.3 cm³/mol. The van der Waals surface area contributed by atoms with E-state index in [1.807, 2.05) is 53.1 Å². The maximum Gasteiger partial charge on any atom is 0.304 e. The first-order chi connectivity index (χ1) is 10.7. The Labute approximate surface area is 127 Å². The van der Waals surface area contributed by atoms with Crippen molar-refractivity contribution in [3.63, 3.8) is 0 Å². The molecule has 0 bridgehead atoms. The second kappa shape index (κ2) is 5.89. The Hall–Kier alpha value is -2.82.